The monoisotopic (exact) mass is 287 g/mol. The molecule has 1 aliphatic rings. The Balaban J connectivity index is 1.78. The average Bonchev–Trinajstić information content (AvgIpc) is 2.88. The smallest absolute Gasteiger partial charge is 0.255 e. The number of rotatable bonds is 2. The molecule has 3 unspecified atom stereocenters. The van der Waals surface area contributed by atoms with Crippen LogP contribution in [0.25, 0.3) is 11.0 Å². The van der Waals surface area contributed by atoms with Gasteiger partial charge in [0.25, 0.3) is 5.91 Å². The number of hydrogen-bond donors (Lipinski definition) is 1. The van der Waals surface area contributed by atoms with Gasteiger partial charge in [0, 0.05) is 17.8 Å². The maximum atomic E-state index is 13.8. The number of alkyl halides is 1. The number of benzene rings is 1. The highest BCUT2D eigenvalue weighted by Gasteiger charge is 2.31. The molecule has 110 valence electrons. The molecule has 1 aromatic carbocycles. The fourth-order valence-corrected chi connectivity index (χ4v) is 2.91. The van der Waals surface area contributed by atoms with Crippen molar-refractivity contribution in [3.8, 4) is 0 Å². The van der Waals surface area contributed by atoms with E-state index in [2.05, 4.69) is 11.9 Å². The normalized spacial score (nSPS) is 26.0. The van der Waals surface area contributed by atoms with Gasteiger partial charge in [-0.15, -0.1) is 0 Å². The predicted molar refractivity (Wildman–Crippen MR) is 79.9 cm³/mol. The first-order chi connectivity index (χ1) is 10.1. The molecule has 1 saturated carbocycles. The van der Waals surface area contributed by atoms with Crippen LogP contribution < -0.4 is 5.32 Å². The highest BCUT2D eigenvalue weighted by atomic mass is 19.1. The van der Waals surface area contributed by atoms with Crippen molar-refractivity contribution in [2.75, 3.05) is 0 Å². The number of halogens is 1. The number of hydrogen-bond acceptors (Lipinski definition) is 2. The van der Waals surface area contributed by atoms with Gasteiger partial charge in [-0.05, 0) is 24.0 Å². The number of nitrogens with one attached hydrogen (secondary N) is 1. The summed E-state index contributed by atoms with van der Waals surface area (Å²) < 4.78 is 19.2. The summed E-state index contributed by atoms with van der Waals surface area (Å²) >= 11 is 0. The van der Waals surface area contributed by atoms with E-state index in [1.165, 1.54) is 6.26 Å². The number of para-hydroxylation sites is 1. The van der Waals surface area contributed by atoms with Crippen LogP contribution in [0.3, 0.4) is 0 Å². The summed E-state index contributed by atoms with van der Waals surface area (Å²) in [4.78, 5) is 12.4. The second-order valence-corrected chi connectivity index (χ2v) is 5.77. The number of furan rings is 1. The van der Waals surface area contributed by atoms with Gasteiger partial charge in [-0.2, -0.15) is 0 Å². The van der Waals surface area contributed by atoms with Crippen LogP contribution in [0.4, 0.5) is 4.39 Å². The Labute approximate surface area is 122 Å². The second-order valence-electron chi connectivity index (χ2n) is 5.77. The highest BCUT2D eigenvalue weighted by molar-refractivity contribution is 6.06. The number of allylic oxidation sites excluding steroid dienone is 1. The number of carbonyl (C=O) groups excluding carboxylic acids is 1. The Kier molecular flexibility index (Phi) is 3.53. The quantitative estimate of drug-likeness (QED) is 0.852. The molecule has 3 rings (SSSR count). The molecule has 0 spiro atoms. The summed E-state index contributed by atoms with van der Waals surface area (Å²) in [7, 11) is 0. The maximum Gasteiger partial charge on any atom is 0.255 e. The minimum absolute atomic E-state index is 0.174. The molecule has 1 amide bonds. The van der Waals surface area contributed by atoms with Gasteiger partial charge in [0.2, 0.25) is 0 Å². The molecular formula is C17H18FNO2. The number of fused-ring (bicyclic) bond motifs is 1. The molecule has 21 heavy (non-hydrogen) atoms. The van der Waals surface area contributed by atoms with Gasteiger partial charge in [-0.3, -0.25) is 4.79 Å². The number of carbonyl (C=O) groups is 1. The van der Waals surface area contributed by atoms with Gasteiger partial charge < -0.3 is 9.73 Å². The van der Waals surface area contributed by atoms with E-state index in [9.17, 15) is 9.18 Å². The maximum absolute atomic E-state index is 13.8. The largest absolute Gasteiger partial charge is 0.463 e. The van der Waals surface area contributed by atoms with Crippen LogP contribution in [0, 0.1) is 5.92 Å². The minimum Gasteiger partial charge on any atom is -0.463 e. The van der Waals surface area contributed by atoms with E-state index < -0.39 is 6.17 Å². The Morgan fingerprint density at radius 2 is 2.19 bits per heavy atom. The van der Waals surface area contributed by atoms with Crippen LogP contribution in [-0.4, -0.2) is 18.1 Å². The molecule has 1 heterocycles. The lowest BCUT2D eigenvalue weighted by Crippen LogP contribution is -2.44. The van der Waals surface area contributed by atoms with E-state index in [0.717, 1.165) is 5.39 Å². The van der Waals surface area contributed by atoms with Crippen LogP contribution in [0.2, 0.25) is 0 Å². The lowest BCUT2D eigenvalue weighted by atomic mass is 9.82. The minimum atomic E-state index is -1.03. The first-order valence-electron chi connectivity index (χ1n) is 7.15. The van der Waals surface area contributed by atoms with E-state index >= 15 is 0 Å². The summed E-state index contributed by atoms with van der Waals surface area (Å²) in [5, 5.41) is 3.71. The summed E-state index contributed by atoms with van der Waals surface area (Å²) in [6.07, 6.45) is 1.33. The van der Waals surface area contributed by atoms with Crippen molar-refractivity contribution in [3.63, 3.8) is 0 Å². The van der Waals surface area contributed by atoms with Crippen LogP contribution in [0.5, 0.6) is 0 Å². The zero-order valence-electron chi connectivity index (χ0n) is 11.9. The molecule has 3 nitrogen and oxygen atoms in total. The summed E-state index contributed by atoms with van der Waals surface area (Å²) in [5.74, 6) is -0.0249. The van der Waals surface area contributed by atoms with Crippen molar-refractivity contribution >= 4 is 16.9 Å². The molecule has 0 aliphatic heterocycles. The molecule has 0 saturated heterocycles. The topological polar surface area (TPSA) is 42.2 Å². The molecule has 0 radical (unpaired) electrons. The lowest BCUT2D eigenvalue weighted by Gasteiger charge is -2.32. The van der Waals surface area contributed by atoms with Crippen molar-refractivity contribution in [1.82, 2.24) is 5.32 Å². The standard InChI is InChI=1S/C17H18FNO2/c1-10-7-11(2)15(8-14(10)18)19-17(20)13-9-21-16-6-4-3-5-12(13)16/h3-6,9,11,14-15H,1,7-8H2,2H3,(H,19,20). The number of amides is 1. The van der Waals surface area contributed by atoms with Gasteiger partial charge in [0.1, 0.15) is 18.0 Å². The van der Waals surface area contributed by atoms with Gasteiger partial charge >= 0.3 is 0 Å². The van der Waals surface area contributed by atoms with E-state index in [1.54, 1.807) is 0 Å². The third kappa shape index (κ3) is 2.58. The zero-order valence-corrected chi connectivity index (χ0v) is 11.9. The van der Waals surface area contributed by atoms with E-state index in [1.807, 2.05) is 31.2 Å². The summed E-state index contributed by atoms with van der Waals surface area (Å²) in [5.41, 5.74) is 1.80. The van der Waals surface area contributed by atoms with Gasteiger partial charge in [0.05, 0.1) is 5.56 Å². The second kappa shape index (κ2) is 5.35. The third-order valence-corrected chi connectivity index (χ3v) is 4.22. The van der Waals surface area contributed by atoms with Crippen molar-refractivity contribution < 1.29 is 13.6 Å². The summed E-state index contributed by atoms with van der Waals surface area (Å²) in [6, 6.07) is 7.20. The highest BCUT2D eigenvalue weighted by Crippen LogP contribution is 2.30. The van der Waals surface area contributed by atoms with Crippen LogP contribution in [0.1, 0.15) is 30.1 Å². The van der Waals surface area contributed by atoms with Crippen molar-refractivity contribution in [2.45, 2.75) is 32.0 Å². The molecule has 0 bridgehead atoms. The van der Waals surface area contributed by atoms with Crippen molar-refractivity contribution in [1.29, 1.82) is 0 Å². The van der Waals surface area contributed by atoms with E-state index in [0.29, 0.717) is 29.6 Å². The Morgan fingerprint density at radius 1 is 1.43 bits per heavy atom. The molecule has 4 heteroatoms. The Morgan fingerprint density at radius 3 is 3.00 bits per heavy atom. The third-order valence-electron chi connectivity index (χ3n) is 4.22. The van der Waals surface area contributed by atoms with Crippen molar-refractivity contribution in [3.05, 3.63) is 48.2 Å². The predicted octanol–water partition coefficient (Wildman–Crippen LogP) is 3.86. The Hall–Kier alpha value is -2.10. The van der Waals surface area contributed by atoms with E-state index in [4.69, 9.17) is 4.42 Å². The molecular weight excluding hydrogens is 269 g/mol. The first-order valence-corrected chi connectivity index (χ1v) is 7.15. The van der Waals surface area contributed by atoms with E-state index in [-0.39, 0.29) is 17.9 Å². The van der Waals surface area contributed by atoms with Crippen LogP contribution in [0.15, 0.2) is 47.1 Å². The SMILES string of the molecule is C=C1CC(C)C(NC(=O)c2coc3ccccc23)CC1F. The first kappa shape index (κ1) is 13.9. The van der Waals surface area contributed by atoms with Gasteiger partial charge in [-0.25, -0.2) is 4.39 Å². The molecule has 3 atom stereocenters. The summed E-state index contributed by atoms with van der Waals surface area (Å²) in [6.45, 7) is 5.76. The zero-order chi connectivity index (χ0) is 15.0. The fraction of sp³-hybridized carbons (Fsp3) is 0.353. The molecule has 1 fully saturated rings. The van der Waals surface area contributed by atoms with Crippen molar-refractivity contribution in [2.24, 2.45) is 5.92 Å². The molecule has 2 aromatic rings. The lowest BCUT2D eigenvalue weighted by molar-refractivity contribution is 0.0903. The van der Waals surface area contributed by atoms with Gasteiger partial charge in [-0.1, -0.05) is 31.7 Å². The fourth-order valence-electron chi connectivity index (χ4n) is 2.91. The molecule has 1 aliphatic carbocycles. The van der Waals surface area contributed by atoms with Crippen LogP contribution in [-0.2, 0) is 0 Å². The van der Waals surface area contributed by atoms with Gasteiger partial charge in [0.15, 0.2) is 0 Å². The molecule has 1 N–H and O–H groups in total. The average molecular weight is 287 g/mol. The van der Waals surface area contributed by atoms with Crippen LogP contribution >= 0.6 is 0 Å². The Bertz CT molecular complexity index is 691. The molecule has 1 aromatic heterocycles.